The number of hydrogen-bond donors (Lipinski definition) is 0. The number of aromatic nitrogens is 3. The summed E-state index contributed by atoms with van der Waals surface area (Å²) in [7, 11) is 1.59. The number of rotatable bonds is 5. The predicted octanol–water partition coefficient (Wildman–Crippen LogP) is 2.76. The number of likely N-dealkylation sites (tertiary alicyclic amines) is 1. The zero-order valence-electron chi connectivity index (χ0n) is 15.8. The van der Waals surface area contributed by atoms with Crippen LogP contribution in [0.1, 0.15) is 49.8 Å². The molecule has 1 amide bonds. The smallest absolute Gasteiger partial charge is 0.261 e. The molecular weight excluding hydrogens is 344 g/mol. The zero-order chi connectivity index (χ0) is 18.6. The molecular formula is C20H26N4O3. The Hall–Kier alpha value is -2.57. The van der Waals surface area contributed by atoms with Crippen LogP contribution < -0.4 is 9.47 Å². The fourth-order valence-corrected chi connectivity index (χ4v) is 4.05. The molecule has 0 aliphatic carbocycles. The van der Waals surface area contributed by atoms with Gasteiger partial charge in [-0.25, -0.2) is 0 Å². The number of methoxy groups -OCH3 is 1. The van der Waals surface area contributed by atoms with Crippen LogP contribution in [0.2, 0.25) is 0 Å². The lowest BCUT2D eigenvalue weighted by atomic mass is 10.2. The number of carbonyl (C=O) groups is 1. The number of ether oxygens (including phenoxy) is 2. The Morgan fingerprint density at radius 2 is 1.96 bits per heavy atom. The van der Waals surface area contributed by atoms with Crippen molar-refractivity contribution in [2.75, 3.05) is 20.3 Å². The minimum atomic E-state index is -0.0191. The van der Waals surface area contributed by atoms with Gasteiger partial charge in [-0.3, -0.25) is 4.79 Å². The van der Waals surface area contributed by atoms with E-state index in [1.54, 1.807) is 7.11 Å². The quantitative estimate of drug-likeness (QED) is 0.809. The molecule has 1 saturated heterocycles. The van der Waals surface area contributed by atoms with Crippen LogP contribution >= 0.6 is 0 Å². The number of para-hydroxylation sites is 2. The summed E-state index contributed by atoms with van der Waals surface area (Å²) in [6.45, 7) is 1.69. The summed E-state index contributed by atoms with van der Waals surface area (Å²) in [5, 5.41) is 8.86. The van der Waals surface area contributed by atoms with Gasteiger partial charge in [0.05, 0.1) is 13.2 Å². The van der Waals surface area contributed by atoms with E-state index in [0.717, 1.165) is 56.8 Å². The summed E-state index contributed by atoms with van der Waals surface area (Å²) >= 11 is 0. The number of nitrogens with zero attached hydrogens (tertiary/aromatic N) is 4. The van der Waals surface area contributed by atoms with Crippen molar-refractivity contribution in [3.8, 4) is 11.5 Å². The normalized spacial score (nSPS) is 19.4. The van der Waals surface area contributed by atoms with Crippen LogP contribution in [0.5, 0.6) is 11.5 Å². The number of benzene rings is 1. The third-order valence-corrected chi connectivity index (χ3v) is 5.43. The lowest BCUT2D eigenvalue weighted by Crippen LogP contribution is -2.35. The van der Waals surface area contributed by atoms with Crippen molar-refractivity contribution < 1.29 is 14.3 Å². The van der Waals surface area contributed by atoms with Crippen molar-refractivity contribution in [1.29, 1.82) is 0 Å². The third-order valence-electron chi connectivity index (χ3n) is 5.43. The van der Waals surface area contributed by atoms with Crippen LogP contribution in [0.3, 0.4) is 0 Å². The lowest BCUT2D eigenvalue weighted by molar-refractivity contribution is -0.134. The fraction of sp³-hybridized carbons (Fsp3) is 0.550. The SMILES string of the molecule is COc1ccccc1OCC(=O)N1CCCC1c1nnc2n1CCCCC2. The topological polar surface area (TPSA) is 69.5 Å². The minimum Gasteiger partial charge on any atom is -0.493 e. The van der Waals surface area contributed by atoms with Gasteiger partial charge in [0.15, 0.2) is 23.9 Å². The van der Waals surface area contributed by atoms with E-state index in [2.05, 4.69) is 14.8 Å². The van der Waals surface area contributed by atoms with Gasteiger partial charge in [0, 0.05) is 19.5 Å². The lowest BCUT2D eigenvalue weighted by Gasteiger charge is -2.25. The number of fused-ring (bicyclic) bond motifs is 1. The first-order valence-electron chi connectivity index (χ1n) is 9.75. The van der Waals surface area contributed by atoms with E-state index in [0.29, 0.717) is 11.5 Å². The molecule has 1 atom stereocenters. The van der Waals surface area contributed by atoms with Gasteiger partial charge in [-0.05, 0) is 37.8 Å². The summed E-state index contributed by atoms with van der Waals surface area (Å²) < 4.78 is 13.3. The molecule has 7 nitrogen and oxygen atoms in total. The van der Waals surface area contributed by atoms with E-state index in [9.17, 15) is 4.79 Å². The van der Waals surface area contributed by atoms with Gasteiger partial charge < -0.3 is 18.9 Å². The van der Waals surface area contributed by atoms with Crippen molar-refractivity contribution >= 4 is 5.91 Å². The van der Waals surface area contributed by atoms with E-state index in [1.807, 2.05) is 29.2 Å². The summed E-state index contributed by atoms with van der Waals surface area (Å²) in [6, 6.07) is 7.38. The largest absolute Gasteiger partial charge is 0.493 e. The molecule has 4 rings (SSSR count). The molecule has 2 aliphatic heterocycles. The number of carbonyl (C=O) groups excluding carboxylic acids is 1. The van der Waals surface area contributed by atoms with Crippen LogP contribution in [-0.2, 0) is 17.8 Å². The van der Waals surface area contributed by atoms with Gasteiger partial charge in [-0.2, -0.15) is 0 Å². The molecule has 0 radical (unpaired) electrons. The van der Waals surface area contributed by atoms with Crippen LogP contribution in [0.15, 0.2) is 24.3 Å². The number of aryl methyl sites for hydroxylation is 1. The molecule has 2 aromatic rings. The highest BCUT2D eigenvalue weighted by molar-refractivity contribution is 5.78. The molecule has 2 aliphatic rings. The van der Waals surface area contributed by atoms with Crippen LogP contribution in [-0.4, -0.2) is 45.8 Å². The van der Waals surface area contributed by atoms with Crippen LogP contribution in [0.4, 0.5) is 0 Å². The average molecular weight is 370 g/mol. The van der Waals surface area contributed by atoms with Crippen LogP contribution in [0, 0.1) is 0 Å². The molecule has 0 N–H and O–H groups in total. The predicted molar refractivity (Wildman–Crippen MR) is 99.8 cm³/mol. The summed E-state index contributed by atoms with van der Waals surface area (Å²) in [6.07, 6.45) is 6.42. The Bertz CT molecular complexity index is 804. The first-order chi connectivity index (χ1) is 13.3. The molecule has 0 bridgehead atoms. The Kier molecular flexibility index (Phi) is 5.27. The Balaban J connectivity index is 1.47. The van der Waals surface area contributed by atoms with E-state index >= 15 is 0 Å². The van der Waals surface area contributed by atoms with E-state index < -0.39 is 0 Å². The number of hydrogen-bond acceptors (Lipinski definition) is 5. The maximum Gasteiger partial charge on any atom is 0.261 e. The van der Waals surface area contributed by atoms with Crippen LogP contribution in [0.25, 0.3) is 0 Å². The third kappa shape index (κ3) is 3.63. The maximum atomic E-state index is 12.9. The van der Waals surface area contributed by atoms with Gasteiger partial charge in [0.1, 0.15) is 5.82 Å². The first-order valence-corrected chi connectivity index (χ1v) is 9.75. The molecule has 1 aromatic heterocycles. The Morgan fingerprint density at radius 3 is 2.81 bits per heavy atom. The Labute approximate surface area is 159 Å². The zero-order valence-corrected chi connectivity index (χ0v) is 15.8. The van der Waals surface area contributed by atoms with Gasteiger partial charge in [0.25, 0.3) is 5.91 Å². The number of amides is 1. The molecule has 7 heteroatoms. The maximum absolute atomic E-state index is 12.9. The Morgan fingerprint density at radius 1 is 1.11 bits per heavy atom. The van der Waals surface area contributed by atoms with E-state index in [-0.39, 0.29) is 18.6 Å². The summed E-state index contributed by atoms with van der Waals surface area (Å²) in [5.41, 5.74) is 0. The minimum absolute atomic E-state index is 0.00174. The molecule has 1 fully saturated rings. The van der Waals surface area contributed by atoms with E-state index in [1.165, 1.54) is 6.42 Å². The van der Waals surface area contributed by atoms with Crippen molar-refractivity contribution in [1.82, 2.24) is 19.7 Å². The highest BCUT2D eigenvalue weighted by Gasteiger charge is 2.34. The van der Waals surface area contributed by atoms with Crippen molar-refractivity contribution in [3.05, 3.63) is 35.9 Å². The van der Waals surface area contributed by atoms with Crippen molar-refractivity contribution in [2.24, 2.45) is 0 Å². The molecule has 3 heterocycles. The second-order valence-corrected chi connectivity index (χ2v) is 7.12. The molecule has 0 spiro atoms. The monoisotopic (exact) mass is 370 g/mol. The van der Waals surface area contributed by atoms with E-state index in [4.69, 9.17) is 9.47 Å². The standard InChI is InChI=1S/C20H26N4O3/c1-26-16-9-4-5-10-17(16)27-14-19(25)23-13-7-8-15(23)20-22-21-18-11-3-2-6-12-24(18)20/h4-5,9-10,15H,2-3,6-8,11-14H2,1H3. The molecule has 1 aromatic carbocycles. The molecule has 1 unspecified atom stereocenters. The van der Waals surface area contributed by atoms with Gasteiger partial charge >= 0.3 is 0 Å². The first kappa shape index (κ1) is 17.8. The average Bonchev–Trinajstić information content (AvgIpc) is 3.27. The molecule has 0 saturated carbocycles. The second-order valence-electron chi connectivity index (χ2n) is 7.12. The highest BCUT2D eigenvalue weighted by Crippen LogP contribution is 2.33. The second kappa shape index (κ2) is 7.98. The van der Waals surface area contributed by atoms with Gasteiger partial charge in [0.2, 0.25) is 0 Å². The fourth-order valence-electron chi connectivity index (χ4n) is 4.05. The molecule has 27 heavy (non-hydrogen) atoms. The van der Waals surface area contributed by atoms with Gasteiger partial charge in [-0.15, -0.1) is 10.2 Å². The summed E-state index contributed by atoms with van der Waals surface area (Å²) in [5.74, 6) is 3.20. The summed E-state index contributed by atoms with van der Waals surface area (Å²) in [4.78, 5) is 14.8. The highest BCUT2D eigenvalue weighted by atomic mass is 16.5. The van der Waals surface area contributed by atoms with Crippen molar-refractivity contribution in [2.45, 2.75) is 51.1 Å². The molecule has 144 valence electrons. The van der Waals surface area contributed by atoms with Gasteiger partial charge in [-0.1, -0.05) is 18.6 Å². The van der Waals surface area contributed by atoms with Crippen molar-refractivity contribution in [3.63, 3.8) is 0 Å².